The number of piperazine rings is 1. The summed E-state index contributed by atoms with van der Waals surface area (Å²) in [5.41, 5.74) is 1.12. The van der Waals surface area contributed by atoms with Gasteiger partial charge >= 0.3 is 11.9 Å². The van der Waals surface area contributed by atoms with Gasteiger partial charge in [-0.15, -0.1) is 0 Å². The second-order valence-corrected chi connectivity index (χ2v) is 10.4. The Morgan fingerprint density at radius 1 is 0.975 bits per heavy atom. The monoisotopic (exact) mass is 563 g/mol. The molecule has 40 heavy (non-hydrogen) atoms. The van der Waals surface area contributed by atoms with Gasteiger partial charge in [0.1, 0.15) is 11.9 Å². The largest absolute Gasteiger partial charge is 0.489 e. The highest BCUT2D eigenvalue weighted by molar-refractivity contribution is 6.05. The molecule has 3 fully saturated rings. The number of carboxylic acid groups (broad SMARTS) is 2. The van der Waals surface area contributed by atoms with Crippen LogP contribution in [0.25, 0.3) is 0 Å². The molecule has 0 radical (unpaired) electrons. The Bertz CT molecular complexity index is 1050. The van der Waals surface area contributed by atoms with Crippen LogP contribution in [-0.2, 0) is 19.2 Å². The van der Waals surface area contributed by atoms with Crippen LogP contribution >= 0.6 is 0 Å². The van der Waals surface area contributed by atoms with Crippen molar-refractivity contribution >= 4 is 29.4 Å². The van der Waals surface area contributed by atoms with Gasteiger partial charge in [0.25, 0.3) is 0 Å². The zero-order valence-corrected chi connectivity index (χ0v) is 22.8. The number of amides is 2. The van der Waals surface area contributed by atoms with Gasteiger partial charge in [-0.05, 0) is 51.8 Å². The summed E-state index contributed by atoms with van der Waals surface area (Å²) in [5.74, 6) is -3.26. The number of carboxylic acids is 2. The van der Waals surface area contributed by atoms with Crippen molar-refractivity contribution in [2.75, 3.05) is 44.2 Å². The van der Waals surface area contributed by atoms with Gasteiger partial charge in [-0.1, -0.05) is 12.1 Å². The summed E-state index contributed by atoms with van der Waals surface area (Å²) in [6.07, 6.45) is -0.610. The van der Waals surface area contributed by atoms with Crippen molar-refractivity contribution in [2.24, 2.45) is 11.8 Å². The first-order chi connectivity index (χ1) is 19.0. The molecule has 11 nitrogen and oxygen atoms in total. The minimum Gasteiger partial charge on any atom is -0.489 e. The molecule has 220 valence electrons. The average molecular weight is 564 g/mol. The highest BCUT2D eigenvalue weighted by Crippen LogP contribution is 2.39. The second-order valence-electron chi connectivity index (χ2n) is 10.4. The number of alkyl halides is 1. The minimum absolute atomic E-state index is 0.0448. The summed E-state index contributed by atoms with van der Waals surface area (Å²) in [6.45, 7) is 8.80. The smallest absolute Gasteiger partial charge is 0.328 e. The molecule has 2 amide bonds. The van der Waals surface area contributed by atoms with E-state index in [4.69, 9.17) is 14.9 Å². The predicted molar refractivity (Wildman–Crippen MR) is 144 cm³/mol. The van der Waals surface area contributed by atoms with Gasteiger partial charge in [-0.2, -0.15) is 0 Å². The summed E-state index contributed by atoms with van der Waals surface area (Å²) in [7, 11) is 0. The third-order valence-electron chi connectivity index (χ3n) is 7.21. The minimum atomic E-state index is -1.42. The molecular weight excluding hydrogens is 525 g/mol. The molecule has 2 heterocycles. The van der Waals surface area contributed by atoms with Crippen molar-refractivity contribution in [2.45, 2.75) is 51.5 Å². The van der Waals surface area contributed by atoms with Crippen LogP contribution in [0.15, 0.2) is 36.4 Å². The summed E-state index contributed by atoms with van der Waals surface area (Å²) < 4.78 is 19.8. The van der Waals surface area contributed by atoms with E-state index in [-0.39, 0.29) is 30.8 Å². The van der Waals surface area contributed by atoms with E-state index in [2.05, 4.69) is 15.9 Å². The van der Waals surface area contributed by atoms with Crippen LogP contribution in [0.4, 0.5) is 10.1 Å². The Morgan fingerprint density at radius 2 is 1.55 bits per heavy atom. The molecular formula is C28H38FN3O8. The van der Waals surface area contributed by atoms with Crippen molar-refractivity contribution in [1.29, 1.82) is 0 Å². The van der Waals surface area contributed by atoms with E-state index >= 15 is 0 Å². The topological polar surface area (TPSA) is 148 Å². The highest BCUT2D eigenvalue weighted by atomic mass is 19.1. The molecule has 1 aromatic carbocycles. The number of aliphatic carboxylic acids is 2. The summed E-state index contributed by atoms with van der Waals surface area (Å²) in [4.78, 5) is 50.3. The maximum atomic E-state index is 13.8. The molecule has 1 aliphatic carbocycles. The van der Waals surface area contributed by atoms with Crippen molar-refractivity contribution in [1.82, 2.24) is 9.80 Å². The number of rotatable bonds is 9. The fraction of sp³-hybridized carbons (Fsp3) is 0.571. The summed E-state index contributed by atoms with van der Waals surface area (Å²) >= 11 is 0. The van der Waals surface area contributed by atoms with Crippen LogP contribution in [0.3, 0.4) is 0 Å². The number of benzene rings is 1. The lowest BCUT2D eigenvalue weighted by Gasteiger charge is -2.37. The first kappa shape index (κ1) is 31.0. The Balaban J connectivity index is 0.000000482. The number of aliphatic hydroxyl groups excluding tert-OH is 1. The molecule has 2 aliphatic heterocycles. The lowest BCUT2D eigenvalue weighted by Crippen LogP contribution is -2.47. The Hall–Kier alpha value is -3.51. The van der Waals surface area contributed by atoms with Crippen LogP contribution in [0.5, 0.6) is 5.75 Å². The molecule has 0 bridgehead atoms. The quantitative estimate of drug-likeness (QED) is 0.300. The molecule has 0 spiro atoms. The van der Waals surface area contributed by atoms with E-state index in [1.807, 2.05) is 32.0 Å². The number of fused-ring (bicyclic) bond motifs is 1. The SMILES string of the molecule is CC(C)Oc1ccccc1N1CCN(CCCN2C(=O)C3CC(O)C(F)CC3C2=O)CC1.O=C(O)C=CC(=O)O. The summed E-state index contributed by atoms with van der Waals surface area (Å²) in [5, 5.41) is 25.4. The molecule has 3 aliphatic rings. The molecule has 1 aromatic rings. The maximum Gasteiger partial charge on any atom is 0.328 e. The van der Waals surface area contributed by atoms with Crippen molar-refractivity contribution in [3.8, 4) is 5.75 Å². The molecule has 0 aromatic heterocycles. The van der Waals surface area contributed by atoms with Gasteiger partial charge in [0.2, 0.25) is 11.8 Å². The van der Waals surface area contributed by atoms with E-state index in [0.29, 0.717) is 25.1 Å². The number of para-hydroxylation sites is 2. The van der Waals surface area contributed by atoms with Crippen molar-refractivity contribution in [3.05, 3.63) is 36.4 Å². The Kier molecular flexibility index (Phi) is 11.0. The first-order valence-corrected chi connectivity index (χ1v) is 13.5. The van der Waals surface area contributed by atoms with E-state index in [9.17, 15) is 28.7 Å². The van der Waals surface area contributed by atoms with E-state index in [0.717, 1.165) is 44.2 Å². The molecule has 3 N–H and O–H groups in total. The molecule has 4 rings (SSSR count). The molecule has 4 unspecified atom stereocenters. The van der Waals surface area contributed by atoms with Gasteiger partial charge in [-0.25, -0.2) is 14.0 Å². The average Bonchev–Trinajstić information content (AvgIpc) is 3.12. The van der Waals surface area contributed by atoms with E-state index in [1.165, 1.54) is 4.90 Å². The lowest BCUT2D eigenvalue weighted by atomic mass is 9.78. The number of hydrogen-bond acceptors (Lipinski definition) is 8. The van der Waals surface area contributed by atoms with Crippen LogP contribution in [0, 0.1) is 11.8 Å². The van der Waals surface area contributed by atoms with Crippen LogP contribution in [0.2, 0.25) is 0 Å². The number of hydrogen-bond donors (Lipinski definition) is 3. The highest BCUT2D eigenvalue weighted by Gasteiger charge is 2.52. The zero-order chi connectivity index (χ0) is 29.4. The number of halogens is 1. The van der Waals surface area contributed by atoms with Gasteiger partial charge in [-0.3, -0.25) is 19.4 Å². The fourth-order valence-electron chi connectivity index (χ4n) is 5.29. The number of ether oxygens (including phenoxy) is 1. The molecule has 2 saturated heterocycles. The fourth-order valence-corrected chi connectivity index (χ4v) is 5.29. The van der Waals surface area contributed by atoms with Gasteiger partial charge in [0.05, 0.1) is 29.7 Å². The number of likely N-dealkylation sites (tertiary alicyclic amines) is 1. The Morgan fingerprint density at radius 3 is 2.12 bits per heavy atom. The van der Waals surface area contributed by atoms with Crippen molar-refractivity contribution in [3.63, 3.8) is 0 Å². The number of aliphatic hydroxyl groups is 1. The molecule has 12 heteroatoms. The third kappa shape index (κ3) is 8.25. The predicted octanol–water partition coefficient (Wildman–Crippen LogP) is 1.79. The standard InChI is InChI=1S/C24H34FN3O4.C4H4O4/c1-16(2)32-22-7-4-3-6-20(22)27-12-10-26(11-13-27)8-5-9-28-23(30)17-14-19(25)21(29)15-18(17)24(28)31;5-3(6)1-2-4(7)8/h3-4,6-7,16-19,21,29H,5,8-15H2,1-2H3;1-2H,(H,5,6)(H,7,8). The van der Waals surface area contributed by atoms with Crippen LogP contribution in [0.1, 0.15) is 33.1 Å². The zero-order valence-electron chi connectivity index (χ0n) is 22.8. The van der Waals surface area contributed by atoms with Gasteiger partial charge in [0, 0.05) is 44.9 Å². The number of anilines is 1. The molecule has 4 atom stereocenters. The number of imide groups is 1. The normalized spacial score (nSPS) is 25.1. The number of nitrogens with zero attached hydrogens (tertiary/aromatic N) is 3. The lowest BCUT2D eigenvalue weighted by molar-refractivity contribution is -0.140. The number of carbonyl (C=O) groups excluding carboxylic acids is 2. The first-order valence-electron chi connectivity index (χ1n) is 13.5. The van der Waals surface area contributed by atoms with E-state index in [1.54, 1.807) is 0 Å². The third-order valence-corrected chi connectivity index (χ3v) is 7.21. The molecule has 1 saturated carbocycles. The second kappa shape index (κ2) is 14.2. The Labute approximate surface area is 232 Å². The van der Waals surface area contributed by atoms with Gasteiger partial charge < -0.3 is 25.0 Å². The van der Waals surface area contributed by atoms with E-state index < -0.39 is 36.1 Å². The van der Waals surface area contributed by atoms with Crippen molar-refractivity contribution < 1.29 is 43.6 Å². The van der Waals surface area contributed by atoms with Crippen LogP contribution in [-0.4, -0.2) is 107 Å². The number of carbonyl (C=O) groups is 4. The maximum absolute atomic E-state index is 13.8. The summed E-state index contributed by atoms with van der Waals surface area (Å²) in [6, 6.07) is 8.12. The van der Waals surface area contributed by atoms with Crippen LogP contribution < -0.4 is 9.64 Å². The van der Waals surface area contributed by atoms with Gasteiger partial charge in [0.15, 0.2) is 0 Å².